The Balaban J connectivity index is 1.83. The van der Waals surface area contributed by atoms with Gasteiger partial charge < -0.3 is 14.3 Å². The zero-order valence-electron chi connectivity index (χ0n) is 17.1. The molecule has 5 heteroatoms. The van der Waals surface area contributed by atoms with Crippen LogP contribution in [0.1, 0.15) is 5.56 Å². The molecule has 0 fully saturated rings. The Hall–Kier alpha value is -4.12. The third kappa shape index (κ3) is 3.40. The number of nitrogens with one attached hydrogen (secondary N) is 1. The highest BCUT2D eigenvalue weighted by Gasteiger charge is 2.23. The molecule has 0 aliphatic heterocycles. The molecule has 0 unspecified atom stereocenters. The largest absolute Gasteiger partial charge is 0.497 e. The first-order chi connectivity index (χ1) is 15.3. The van der Waals surface area contributed by atoms with E-state index in [1.807, 2.05) is 72.8 Å². The molecule has 0 atom stereocenters. The maximum Gasteiger partial charge on any atom is 0.260 e. The summed E-state index contributed by atoms with van der Waals surface area (Å²) in [6, 6.07) is 28.1. The number of aromatic amines is 1. The summed E-state index contributed by atoms with van der Waals surface area (Å²) in [7, 11) is 1.66. The van der Waals surface area contributed by atoms with Crippen LogP contribution in [-0.4, -0.2) is 21.6 Å². The molecule has 0 spiro atoms. The van der Waals surface area contributed by atoms with E-state index in [2.05, 4.69) is 26.7 Å². The Morgan fingerprint density at radius 3 is 2.16 bits per heavy atom. The summed E-state index contributed by atoms with van der Waals surface area (Å²) in [5, 5.41) is 0.598. The topological polar surface area (TPSA) is 59.9 Å². The van der Waals surface area contributed by atoms with Crippen LogP contribution in [0.2, 0.25) is 0 Å². The van der Waals surface area contributed by atoms with Gasteiger partial charge in [-0.15, -0.1) is 0 Å². The van der Waals surface area contributed by atoms with E-state index >= 15 is 0 Å². The van der Waals surface area contributed by atoms with Crippen molar-refractivity contribution >= 4 is 11.0 Å². The van der Waals surface area contributed by atoms with Crippen molar-refractivity contribution in [2.24, 2.45) is 0 Å². The normalized spacial score (nSPS) is 11.0. The van der Waals surface area contributed by atoms with Crippen LogP contribution in [0.3, 0.4) is 0 Å². The van der Waals surface area contributed by atoms with E-state index in [9.17, 15) is 4.79 Å². The molecule has 152 valence electrons. The molecule has 31 heavy (non-hydrogen) atoms. The first kappa shape index (κ1) is 18.9. The zero-order valence-corrected chi connectivity index (χ0v) is 17.1. The molecule has 5 rings (SSSR count). The quantitative estimate of drug-likeness (QED) is 0.440. The maximum absolute atomic E-state index is 13.0. The Morgan fingerprint density at radius 1 is 0.871 bits per heavy atom. The van der Waals surface area contributed by atoms with Crippen molar-refractivity contribution in [3.05, 3.63) is 107 Å². The van der Waals surface area contributed by atoms with E-state index in [-0.39, 0.29) is 5.56 Å². The van der Waals surface area contributed by atoms with Gasteiger partial charge in [0.25, 0.3) is 5.56 Å². The highest BCUT2D eigenvalue weighted by molar-refractivity contribution is 6.02. The second-order valence-corrected chi connectivity index (χ2v) is 7.32. The van der Waals surface area contributed by atoms with Crippen LogP contribution in [0.15, 0.2) is 96.1 Å². The molecule has 2 heterocycles. The summed E-state index contributed by atoms with van der Waals surface area (Å²) in [6.45, 7) is 0.577. The minimum atomic E-state index is -0.144. The van der Waals surface area contributed by atoms with Crippen molar-refractivity contribution in [3.8, 4) is 28.1 Å². The van der Waals surface area contributed by atoms with Gasteiger partial charge in [-0.3, -0.25) is 4.79 Å². The van der Waals surface area contributed by atoms with Gasteiger partial charge in [-0.25, -0.2) is 4.98 Å². The summed E-state index contributed by atoms with van der Waals surface area (Å²) in [5.41, 5.74) is 5.50. The van der Waals surface area contributed by atoms with Gasteiger partial charge in [0.2, 0.25) is 0 Å². The smallest absolute Gasteiger partial charge is 0.260 e. The van der Waals surface area contributed by atoms with E-state index in [0.717, 1.165) is 33.7 Å². The van der Waals surface area contributed by atoms with E-state index in [0.29, 0.717) is 17.6 Å². The maximum atomic E-state index is 13.0. The second-order valence-electron chi connectivity index (χ2n) is 7.32. The van der Waals surface area contributed by atoms with Crippen LogP contribution in [0.4, 0.5) is 0 Å². The first-order valence-electron chi connectivity index (χ1n) is 10.1. The molecule has 0 saturated heterocycles. The van der Waals surface area contributed by atoms with E-state index in [1.165, 1.54) is 6.33 Å². The lowest BCUT2D eigenvalue weighted by molar-refractivity contribution is 0.414. The number of nitrogens with zero attached hydrogens (tertiary/aromatic N) is 2. The zero-order chi connectivity index (χ0) is 21.2. The van der Waals surface area contributed by atoms with Crippen molar-refractivity contribution in [3.63, 3.8) is 0 Å². The molecular formula is C26H21N3O2. The lowest BCUT2D eigenvalue weighted by atomic mass is 9.99. The molecule has 0 saturated carbocycles. The van der Waals surface area contributed by atoms with Crippen molar-refractivity contribution < 1.29 is 4.74 Å². The summed E-state index contributed by atoms with van der Waals surface area (Å²) in [6.07, 6.45) is 1.47. The van der Waals surface area contributed by atoms with Crippen LogP contribution in [0.25, 0.3) is 33.4 Å². The monoisotopic (exact) mass is 407 g/mol. The van der Waals surface area contributed by atoms with Crippen molar-refractivity contribution in [1.29, 1.82) is 0 Å². The number of benzene rings is 3. The van der Waals surface area contributed by atoms with Gasteiger partial charge in [0.05, 0.1) is 24.5 Å². The predicted molar refractivity (Wildman–Crippen MR) is 123 cm³/mol. The number of hydrogen-bond acceptors (Lipinski definition) is 3. The minimum absolute atomic E-state index is 0.144. The summed E-state index contributed by atoms with van der Waals surface area (Å²) in [4.78, 5) is 20.3. The number of methoxy groups -OCH3 is 1. The standard InChI is InChI=1S/C26H21N3O2/c1-31-21-14-12-18(13-15-21)16-29-24(20-10-6-3-7-11-20)22(19-8-4-2-5-9-19)23-25(29)27-17-28-26(23)30/h2-15,17H,16H2,1H3,(H,27,28,30). The molecule has 5 aromatic rings. The third-order valence-corrected chi connectivity index (χ3v) is 5.45. The van der Waals surface area contributed by atoms with Crippen LogP contribution in [0, 0.1) is 0 Å². The van der Waals surface area contributed by atoms with Gasteiger partial charge in [-0.05, 0) is 28.8 Å². The Morgan fingerprint density at radius 2 is 1.52 bits per heavy atom. The fourth-order valence-electron chi connectivity index (χ4n) is 4.03. The van der Waals surface area contributed by atoms with Gasteiger partial charge >= 0.3 is 0 Å². The van der Waals surface area contributed by atoms with Crippen molar-refractivity contribution in [2.45, 2.75) is 6.54 Å². The lowest BCUT2D eigenvalue weighted by Gasteiger charge is -2.13. The van der Waals surface area contributed by atoms with Crippen LogP contribution in [0.5, 0.6) is 5.75 Å². The van der Waals surface area contributed by atoms with Gasteiger partial charge in [0.1, 0.15) is 11.4 Å². The first-order valence-corrected chi connectivity index (χ1v) is 10.1. The van der Waals surface area contributed by atoms with Crippen LogP contribution < -0.4 is 10.3 Å². The molecule has 0 aliphatic carbocycles. The van der Waals surface area contributed by atoms with Crippen LogP contribution >= 0.6 is 0 Å². The highest BCUT2D eigenvalue weighted by Crippen LogP contribution is 2.39. The molecule has 1 N–H and O–H groups in total. The number of rotatable bonds is 5. The molecular weight excluding hydrogens is 386 g/mol. The number of hydrogen-bond donors (Lipinski definition) is 1. The van der Waals surface area contributed by atoms with E-state index in [4.69, 9.17) is 4.74 Å². The lowest BCUT2D eigenvalue weighted by Crippen LogP contribution is -2.08. The number of fused-ring (bicyclic) bond motifs is 1. The molecule has 2 aromatic heterocycles. The number of H-pyrrole nitrogens is 1. The van der Waals surface area contributed by atoms with Gasteiger partial charge in [0.15, 0.2) is 0 Å². The van der Waals surface area contributed by atoms with Gasteiger partial charge in [-0.1, -0.05) is 72.8 Å². The molecule has 0 bridgehead atoms. The van der Waals surface area contributed by atoms with Crippen molar-refractivity contribution in [2.75, 3.05) is 7.11 Å². The summed E-state index contributed by atoms with van der Waals surface area (Å²) >= 11 is 0. The second kappa shape index (κ2) is 7.95. The molecule has 3 aromatic carbocycles. The van der Waals surface area contributed by atoms with E-state index in [1.54, 1.807) is 7.11 Å². The van der Waals surface area contributed by atoms with Crippen LogP contribution in [-0.2, 0) is 6.54 Å². The number of aromatic nitrogens is 3. The fraction of sp³-hybridized carbons (Fsp3) is 0.0769. The van der Waals surface area contributed by atoms with Gasteiger partial charge in [-0.2, -0.15) is 0 Å². The average molecular weight is 407 g/mol. The molecule has 5 nitrogen and oxygen atoms in total. The summed E-state index contributed by atoms with van der Waals surface area (Å²) < 4.78 is 7.42. The fourth-order valence-corrected chi connectivity index (χ4v) is 4.03. The Kier molecular flexibility index (Phi) is 4.84. The Labute approximate surface area is 179 Å². The molecule has 0 radical (unpaired) electrons. The minimum Gasteiger partial charge on any atom is -0.497 e. The third-order valence-electron chi connectivity index (χ3n) is 5.45. The van der Waals surface area contributed by atoms with E-state index < -0.39 is 0 Å². The predicted octanol–water partition coefficient (Wildman–Crippen LogP) is 5.12. The summed E-state index contributed by atoms with van der Waals surface area (Å²) in [5.74, 6) is 0.809. The van der Waals surface area contributed by atoms with Crippen molar-refractivity contribution in [1.82, 2.24) is 14.5 Å². The van der Waals surface area contributed by atoms with Gasteiger partial charge in [0, 0.05) is 12.1 Å². The molecule has 0 aliphatic rings. The Bertz CT molecular complexity index is 1390. The highest BCUT2D eigenvalue weighted by atomic mass is 16.5. The molecule has 0 amide bonds. The average Bonchev–Trinajstić information content (AvgIpc) is 3.16. The SMILES string of the molecule is COc1ccc(Cn2c(-c3ccccc3)c(-c3ccccc3)c3c(=O)[nH]cnc32)cc1. The number of ether oxygens (including phenoxy) is 1.